The molecule has 4 heterocycles. The van der Waals surface area contributed by atoms with Crippen molar-refractivity contribution in [2.24, 2.45) is 5.92 Å². The van der Waals surface area contributed by atoms with E-state index in [9.17, 15) is 4.79 Å². The van der Waals surface area contributed by atoms with Crippen LogP contribution >= 0.6 is 22.9 Å². The minimum absolute atomic E-state index is 0.272. The molecule has 5 rings (SSSR count). The first-order chi connectivity index (χ1) is 15.5. The Morgan fingerprint density at radius 1 is 1.28 bits per heavy atom. The molecule has 32 heavy (non-hydrogen) atoms. The lowest BCUT2D eigenvalue weighted by molar-refractivity contribution is 0.184. The zero-order valence-corrected chi connectivity index (χ0v) is 18.8. The van der Waals surface area contributed by atoms with Gasteiger partial charge in [0, 0.05) is 19.3 Å². The third kappa shape index (κ3) is 4.01. The number of methoxy groups -OCH3 is 1. The summed E-state index contributed by atoms with van der Waals surface area (Å²) in [4.78, 5) is 28.3. The number of carbonyl (C=O) groups is 1. The van der Waals surface area contributed by atoms with Crippen LogP contribution in [0.5, 0.6) is 0 Å². The second-order valence-electron chi connectivity index (χ2n) is 7.46. The van der Waals surface area contributed by atoms with Gasteiger partial charge >= 0.3 is 6.03 Å². The van der Waals surface area contributed by atoms with E-state index < -0.39 is 6.03 Å². The third-order valence-electron chi connectivity index (χ3n) is 5.18. The Morgan fingerprint density at radius 2 is 2.09 bits per heavy atom. The smallest absolute Gasteiger partial charge is 0.323 e. The molecule has 0 unspecified atom stereocenters. The number of nitrogens with one attached hydrogen (secondary N) is 2. The number of amides is 2. The van der Waals surface area contributed by atoms with E-state index in [4.69, 9.17) is 16.3 Å². The highest BCUT2D eigenvalue weighted by Gasteiger charge is 2.41. The van der Waals surface area contributed by atoms with Gasteiger partial charge in [-0.05, 0) is 31.2 Å². The van der Waals surface area contributed by atoms with E-state index >= 15 is 0 Å². The fourth-order valence-electron chi connectivity index (χ4n) is 3.73. The van der Waals surface area contributed by atoms with Crippen LogP contribution in [0.15, 0.2) is 30.9 Å². The molecular formula is C20H19ClN8O2S. The normalized spacial score (nSPS) is 17.5. The van der Waals surface area contributed by atoms with Gasteiger partial charge in [0.05, 0.1) is 46.2 Å². The van der Waals surface area contributed by atoms with Crippen molar-refractivity contribution < 1.29 is 9.53 Å². The SMILES string of the molecule is COC[C@H]1C[C@@H]1c1c(NC(=O)Nc2cnc(-n3nccn3)c(Cl)c2)cnc2sc(C)nc12. The summed E-state index contributed by atoms with van der Waals surface area (Å²) < 4.78 is 5.32. The number of thiazole rings is 1. The first-order valence-electron chi connectivity index (χ1n) is 9.88. The Bertz CT molecular complexity index is 1290. The number of hydrogen-bond donors (Lipinski definition) is 2. The van der Waals surface area contributed by atoms with Gasteiger partial charge in [-0.3, -0.25) is 0 Å². The molecule has 2 N–H and O–H groups in total. The number of urea groups is 1. The third-order valence-corrected chi connectivity index (χ3v) is 6.34. The fourth-order valence-corrected chi connectivity index (χ4v) is 4.75. The summed E-state index contributed by atoms with van der Waals surface area (Å²) in [6.45, 7) is 2.62. The number of anilines is 2. The summed E-state index contributed by atoms with van der Waals surface area (Å²) in [5.74, 6) is 1.05. The van der Waals surface area contributed by atoms with Crippen molar-refractivity contribution in [3.63, 3.8) is 0 Å². The fraction of sp³-hybridized carbons (Fsp3) is 0.300. The maximum Gasteiger partial charge on any atom is 0.323 e. The van der Waals surface area contributed by atoms with Crippen LogP contribution in [0.25, 0.3) is 16.2 Å². The maximum absolute atomic E-state index is 12.8. The van der Waals surface area contributed by atoms with E-state index in [-0.39, 0.29) is 5.92 Å². The topological polar surface area (TPSA) is 120 Å². The molecule has 1 fully saturated rings. The van der Waals surface area contributed by atoms with Gasteiger partial charge in [0.15, 0.2) is 5.82 Å². The molecule has 1 aliphatic carbocycles. The molecular weight excluding hydrogens is 452 g/mol. The van der Waals surface area contributed by atoms with Crippen molar-refractivity contribution in [1.29, 1.82) is 0 Å². The Labute approximate surface area is 192 Å². The first kappa shape index (κ1) is 20.7. The summed E-state index contributed by atoms with van der Waals surface area (Å²) in [5.41, 5.74) is 2.93. The number of ether oxygens (including phenoxy) is 1. The van der Waals surface area contributed by atoms with E-state index in [2.05, 4.69) is 35.8 Å². The lowest BCUT2D eigenvalue weighted by Crippen LogP contribution is -2.21. The highest BCUT2D eigenvalue weighted by atomic mass is 35.5. The zero-order valence-electron chi connectivity index (χ0n) is 17.2. The molecule has 164 valence electrons. The molecule has 4 aromatic rings. The molecule has 0 bridgehead atoms. The number of carbonyl (C=O) groups excluding carboxylic acids is 1. The predicted molar refractivity (Wildman–Crippen MR) is 122 cm³/mol. The predicted octanol–water partition coefficient (Wildman–Crippen LogP) is 4.02. The second kappa shape index (κ2) is 8.41. The van der Waals surface area contributed by atoms with Crippen molar-refractivity contribution in [3.05, 3.63) is 46.4 Å². The lowest BCUT2D eigenvalue weighted by Gasteiger charge is -2.13. The molecule has 10 nitrogen and oxygen atoms in total. The molecule has 0 saturated heterocycles. The molecule has 0 radical (unpaired) electrons. The van der Waals surface area contributed by atoms with Gasteiger partial charge in [-0.1, -0.05) is 22.9 Å². The molecule has 0 aromatic carbocycles. The summed E-state index contributed by atoms with van der Waals surface area (Å²) >= 11 is 7.83. The summed E-state index contributed by atoms with van der Waals surface area (Å²) in [6, 6.07) is 1.17. The van der Waals surface area contributed by atoms with Crippen molar-refractivity contribution in [2.75, 3.05) is 24.4 Å². The molecule has 2 atom stereocenters. The number of rotatable bonds is 6. The van der Waals surface area contributed by atoms with Gasteiger partial charge in [-0.2, -0.15) is 10.2 Å². The van der Waals surface area contributed by atoms with E-state index in [1.54, 1.807) is 30.7 Å². The van der Waals surface area contributed by atoms with Crippen LogP contribution < -0.4 is 10.6 Å². The number of halogens is 1. The number of aryl methyl sites for hydroxylation is 1. The highest BCUT2D eigenvalue weighted by molar-refractivity contribution is 7.18. The van der Waals surface area contributed by atoms with Crippen LogP contribution in [-0.4, -0.2) is 49.7 Å². The van der Waals surface area contributed by atoms with Gasteiger partial charge in [0.25, 0.3) is 0 Å². The van der Waals surface area contributed by atoms with Crippen molar-refractivity contribution >= 4 is 50.7 Å². The average molecular weight is 471 g/mol. The van der Waals surface area contributed by atoms with E-state index in [1.807, 2.05) is 6.92 Å². The quantitative estimate of drug-likeness (QED) is 0.436. The van der Waals surface area contributed by atoms with Crippen LogP contribution in [0.3, 0.4) is 0 Å². The Hall–Kier alpha value is -3.15. The van der Waals surface area contributed by atoms with Gasteiger partial charge in [-0.15, -0.1) is 4.80 Å². The average Bonchev–Trinajstić information content (AvgIpc) is 3.12. The number of nitrogens with zero attached hydrogens (tertiary/aromatic N) is 6. The first-order valence-corrected chi connectivity index (χ1v) is 11.1. The van der Waals surface area contributed by atoms with E-state index in [1.165, 1.54) is 23.4 Å². The highest BCUT2D eigenvalue weighted by Crippen LogP contribution is 2.52. The van der Waals surface area contributed by atoms with Crippen LogP contribution in [0.4, 0.5) is 16.2 Å². The largest absolute Gasteiger partial charge is 0.384 e. The van der Waals surface area contributed by atoms with Gasteiger partial charge < -0.3 is 15.4 Å². The summed E-state index contributed by atoms with van der Waals surface area (Å²) in [5, 5.41) is 14.9. The van der Waals surface area contributed by atoms with E-state index in [0.717, 1.165) is 27.3 Å². The number of aromatic nitrogens is 6. The second-order valence-corrected chi connectivity index (χ2v) is 9.05. The Kier molecular flexibility index (Phi) is 5.45. The minimum atomic E-state index is -0.425. The number of fused-ring (bicyclic) bond motifs is 1. The minimum Gasteiger partial charge on any atom is -0.384 e. The maximum atomic E-state index is 12.8. The Balaban J connectivity index is 1.37. The number of pyridine rings is 2. The molecule has 2 amide bonds. The molecule has 0 spiro atoms. The summed E-state index contributed by atoms with van der Waals surface area (Å²) in [6.07, 6.45) is 7.23. The molecule has 1 saturated carbocycles. The van der Waals surface area contributed by atoms with Crippen molar-refractivity contribution in [3.8, 4) is 5.82 Å². The summed E-state index contributed by atoms with van der Waals surface area (Å²) in [7, 11) is 1.70. The van der Waals surface area contributed by atoms with Crippen LogP contribution in [0.2, 0.25) is 5.02 Å². The van der Waals surface area contributed by atoms with Gasteiger partial charge in [0.2, 0.25) is 0 Å². The van der Waals surface area contributed by atoms with Crippen LogP contribution in [0.1, 0.15) is 22.9 Å². The molecule has 0 aliphatic heterocycles. The zero-order chi connectivity index (χ0) is 22.2. The molecule has 1 aliphatic rings. The van der Waals surface area contributed by atoms with Crippen LogP contribution in [-0.2, 0) is 4.74 Å². The number of hydrogen-bond acceptors (Lipinski definition) is 8. The van der Waals surface area contributed by atoms with Gasteiger partial charge in [0.1, 0.15) is 10.3 Å². The monoisotopic (exact) mass is 470 g/mol. The van der Waals surface area contributed by atoms with Crippen molar-refractivity contribution in [2.45, 2.75) is 19.3 Å². The standard InChI is InChI=1S/C20H19ClN8O2S/c1-10-26-17-16(13-5-11(13)9-31-2)15(8-23-19(17)32-10)28-20(30)27-12-6-14(21)18(22-7-12)29-24-3-4-25-29/h3-4,6-8,11,13H,5,9H2,1-2H3,(H2,27,28,30)/t11-,13+/m1/s1. The van der Waals surface area contributed by atoms with Gasteiger partial charge in [-0.25, -0.2) is 19.7 Å². The van der Waals surface area contributed by atoms with Crippen molar-refractivity contribution in [1.82, 2.24) is 29.9 Å². The Morgan fingerprint density at radius 3 is 2.84 bits per heavy atom. The van der Waals surface area contributed by atoms with Crippen LogP contribution in [0, 0.1) is 12.8 Å². The lowest BCUT2D eigenvalue weighted by atomic mass is 10.1. The molecule has 12 heteroatoms. The molecule has 4 aromatic heterocycles. The van der Waals surface area contributed by atoms with E-state index in [0.29, 0.717) is 34.7 Å².